The summed E-state index contributed by atoms with van der Waals surface area (Å²) in [5, 5.41) is 4.35. The molecule has 3 rings (SSSR count). The second-order valence-corrected chi connectivity index (χ2v) is 5.08. The van der Waals surface area contributed by atoms with Gasteiger partial charge in [0.2, 0.25) is 5.88 Å². The van der Waals surface area contributed by atoms with E-state index >= 15 is 0 Å². The van der Waals surface area contributed by atoms with Gasteiger partial charge in [0.25, 0.3) is 5.78 Å². The van der Waals surface area contributed by atoms with Crippen molar-refractivity contribution in [3.63, 3.8) is 0 Å². The van der Waals surface area contributed by atoms with E-state index in [0.717, 1.165) is 3.57 Å². The maximum Gasteiger partial charge on any atom is 0.256 e. The highest BCUT2D eigenvalue weighted by Crippen LogP contribution is 2.24. The van der Waals surface area contributed by atoms with Crippen molar-refractivity contribution >= 4 is 40.0 Å². The van der Waals surface area contributed by atoms with E-state index in [1.807, 2.05) is 24.3 Å². The summed E-state index contributed by atoms with van der Waals surface area (Å²) in [7, 11) is 0. The van der Waals surface area contributed by atoms with Gasteiger partial charge >= 0.3 is 0 Å². The molecule has 3 aromatic rings. The monoisotopic (exact) mass is 372 g/mol. The van der Waals surface area contributed by atoms with E-state index in [2.05, 4.69) is 37.7 Å². The van der Waals surface area contributed by atoms with Gasteiger partial charge < -0.3 is 4.74 Å². The minimum atomic E-state index is 0.316. The number of benzene rings is 1. The molecule has 90 valence electrons. The fourth-order valence-electron chi connectivity index (χ4n) is 1.45. The SMILES string of the molecule is Clc1cc(Oc2ccc(I)cc2)n2ncnc2n1. The number of fused-ring (bicyclic) bond motifs is 1. The Hall–Kier alpha value is -1.41. The lowest BCUT2D eigenvalue weighted by atomic mass is 10.3. The molecule has 0 saturated carbocycles. The van der Waals surface area contributed by atoms with Crippen LogP contribution in [0.5, 0.6) is 11.6 Å². The molecule has 2 aromatic heterocycles. The highest BCUT2D eigenvalue weighted by molar-refractivity contribution is 14.1. The number of hydrogen-bond acceptors (Lipinski definition) is 4. The molecule has 0 aliphatic carbocycles. The lowest BCUT2D eigenvalue weighted by Crippen LogP contribution is -1.97. The van der Waals surface area contributed by atoms with Crippen LogP contribution in [0.15, 0.2) is 36.7 Å². The Bertz CT molecular complexity index is 698. The maximum atomic E-state index is 5.90. The summed E-state index contributed by atoms with van der Waals surface area (Å²) in [6.45, 7) is 0. The minimum absolute atomic E-state index is 0.316. The minimum Gasteiger partial charge on any atom is -0.439 e. The topological polar surface area (TPSA) is 52.3 Å². The van der Waals surface area contributed by atoms with Crippen molar-refractivity contribution < 1.29 is 4.74 Å². The Morgan fingerprint density at radius 1 is 1.22 bits per heavy atom. The largest absolute Gasteiger partial charge is 0.439 e. The molecule has 0 bridgehead atoms. The summed E-state index contributed by atoms with van der Waals surface area (Å²) in [6, 6.07) is 9.26. The third-order valence-electron chi connectivity index (χ3n) is 2.22. The fraction of sp³-hybridized carbons (Fsp3) is 0. The first kappa shape index (κ1) is 11.7. The van der Waals surface area contributed by atoms with E-state index in [1.54, 1.807) is 6.07 Å². The molecule has 1 aromatic carbocycles. The van der Waals surface area contributed by atoms with Crippen molar-refractivity contribution in [2.45, 2.75) is 0 Å². The molecule has 0 spiro atoms. The number of aromatic nitrogens is 4. The summed E-state index contributed by atoms with van der Waals surface area (Å²) in [6.07, 6.45) is 1.40. The molecule has 18 heavy (non-hydrogen) atoms. The normalized spacial score (nSPS) is 10.8. The van der Waals surface area contributed by atoms with Gasteiger partial charge in [0.15, 0.2) is 0 Å². The van der Waals surface area contributed by atoms with Crippen LogP contribution in [0.25, 0.3) is 5.78 Å². The summed E-state index contributed by atoms with van der Waals surface area (Å²) >= 11 is 8.13. The van der Waals surface area contributed by atoms with Crippen LogP contribution in [0.2, 0.25) is 5.15 Å². The van der Waals surface area contributed by atoms with Crippen LogP contribution >= 0.6 is 34.2 Å². The molecule has 0 aliphatic heterocycles. The molecule has 7 heteroatoms. The van der Waals surface area contributed by atoms with Gasteiger partial charge in [-0.3, -0.25) is 0 Å². The molecule has 5 nitrogen and oxygen atoms in total. The fourth-order valence-corrected chi connectivity index (χ4v) is 1.98. The van der Waals surface area contributed by atoms with Gasteiger partial charge in [-0.15, -0.1) is 0 Å². The Balaban J connectivity index is 2.03. The van der Waals surface area contributed by atoms with Gasteiger partial charge in [-0.2, -0.15) is 19.6 Å². The molecule has 0 N–H and O–H groups in total. The van der Waals surface area contributed by atoms with Crippen molar-refractivity contribution in [1.29, 1.82) is 0 Å². The number of rotatable bonds is 2. The summed E-state index contributed by atoms with van der Waals surface area (Å²) < 4.78 is 8.35. The first-order chi connectivity index (χ1) is 8.72. The van der Waals surface area contributed by atoms with Crippen molar-refractivity contribution in [3.8, 4) is 11.6 Å². The number of hydrogen-bond donors (Lipinski definition) is 0. The zero-order chi connectivity index (χ0) is 12.5. The molecule has 0 saturated heterocycles. The Morgan fingerprint density at radius 2 is 2.00 bits per heavy atom. The van der Waals surface area contributed by atoms with Crippen molar-refractivity contribution in [2.24, 2.45) is 0 Å². The third kappa shape index (κ3) is 2.25. The smallest absolute Gasteiger partial charge is 0.256 e. The zero-order valence-corrected chi connectivity index (χ0v) is 11.8. The first-order valence-electron chi connectivity index (χ1n) is 5.02. The zero-order valence-electron chi connectivity index (χ0n) is 8.92. The molecule has 0 atom stereocenters. The van der Waals surface area contributed by atoms with Gasteiger partial charge in [0, 0.05) is 9.64 Å². The van der Waals surface area contributed by atoms with Gasteiger partial charge in [-0.25, -0.2) is 0 Å². The summed E-state index contributed by atoms with van der Waals surface area (Å²) in [5.41, 5.74) is 0. The lowest BCUT2D eigenvalue weighted by Gasteiger charge is -2.06. The van der Waals surface area contributed by atoms with Crippen molar-refractivity contribution in [2.75, 3.05) is 0 Å². The van der Waals surface area contributed by atoms with Crippen molar-refractivity contribution in [1.82, 2.24) is 19.6 Å². The van der Waals surface area contributed by atoms with E-state index < -0.39 is 0 Å². The van der Waals surface area contributed by atoms with Gasteiger partial charge in [-0.05, 0) is 46.9 Å². The van der Waals surface area contributed by atoms with Crippen LogP contribution in [0.1, 0.15) is 0 Å². The molecule has 0 fully saturated rings. The molecular formula is C11H6ClIN4O. The van der Waals surface area contributed by atoms with Crippen LogP contribution in [0.3, 0.4) is 0 Å². The Kier molecular flexibility index (Phi) is 3.04. The summed E-state index contributed by atoms with van der Waals surface area (Å²) in [4.78, 5) is 8.00. The lowest BCUT2D eigenvalue weighted by molar-refractivity contribution is 0.446. The van der Waals surface area contributed by atoms with E-state index in [9.17, 15) is 0 Å². The molecule has 2 heterocycles. The summed E-state index contributed by atoms with van der Waals surface area (Å²) in [5.74, 6) is 1.58. The van der Waals surface area contributed by atoms with Gasteiger partial charge in [-0.1, -0.05) is 11.6 Å². The quantitative estimate of drug-likeness (QED) is 0.512. The second kappa shape index (κ2) is 4.69. The van der Waals surface area contributed by atoms with Gasteiger partial charge in [0.05, 0.1) is 0 Å². The maximum absolute atomic E-state index is 5.90. The predicted octanol–water partition coefficient (Wildman–Crippen LogP) is 3.17. The highest BCUT2D eigenvalue weighted by atomic mass is 127. The van der Waals surface area contributed by atoms with E-state index in [-0.39, 0.29) is 0 Å². The molecular weight excluding hydrogens is 367 g/mol. The number of ether oxygens (including phenoxy) is 1. The number of halogens is 2. The Labute approximate surface area is 121 Å². The third-order valence-corrected chi connectivity index (χ3v) is 3.14. The first-order valence-corrected chi connectivity index (χ1v) is 6.48. The average Bonchev–Trinajstić information content (AvgIpc) is 2.80. The molecule has 0 unspecified atom stereocenters. The standard InChI is InChI=1S/C11H6ClIN4O/c12-9-5-10(17-11(16-9)14-6-15-17)18-8-3-1-7(13)2-4-8/h1-6H. The average molecular weight is 373 g/mol. The molecule has 0 radical (unpaired) electrons. The van der Waals surface area contributed by atoms with Crippen LogP contribution in [0.4, 0.5) is 0 Å². The predicted molar refractivity (Wildman–Crippen MR) is 75.0 cm³/mol. The van der Waals surface area contributed by atoms with Crippen LogP contribution in [-0.2, 0) is 0 Å². The van der Waals surface area contributed by atoms with E-state index in [0.29, 0.717) is 22.6 Å². The Morgan fingerprint density at radius 3 is 2.78 bits per heavy atom. The second-order valence-electron chi connectivity index (χ2n) is 3.44. The molecule has 0 aliphatic rings. The van der Waals surface area contributed by atoms with Crippen LogP contribution in [-0.4, -0.2) is 19.6 Å². The van der Waals surface area contributed by atoms with Crippen LogP contribution in [0, 0.1) is 3.57 Å². The van der Waals surface area contributed by atoms with E-state index in [1.165, 1.54) is 10.8 Å². The van der Waals surface area contributed by atoms with E-state index in [4.69, 9.17) is 16.3 Å². The number of nitrogens with zero attached hydrogens (tertiary/aromatic N) is 4. The highest BCUT2D eigenvalue weighted by Gasteiger charge is 2.08. The molecule has 0 amide bonds. The van der Waals surface area contributed by atoms with Crippen LogP contribution < -0.4 is 4.74 Å². The van der Waals surface area contributed by atoms with Crippen molar-refractivity contribution in [3.05, 3.63) is 45.4 Å². The van der Waals surface area contributed by atoms with Gasteiger partial charge in [0.1, 0.15) is 17.2 Å².